The summed E-state index contributed by atoms with van der Waals surface area (Å²) in [6.45, 7) is 2.06. The van der Waals surface area contributed by atoms with Crippen LogP contribution < -0.4 is 4.74 Å². The lowest BCUT2D eigenvalue weighted by molar-refractivity contribution is 0.414. The van der Waals surface area contributed by atoms with Gasteiger partial charge in [-0.2, -0.15) is 0 Å². The zero-order chi connectivity index (χ0) is 10.4. The van der Waals surface area contributed by atoms with Gasteiger partial charge in [0.1, 0.15) is 5.75 Å². The minimum absolute atomic E-state index is 0.892. The Morgan fingerprint density at radius 2 is 2.14 bits per heavy atom. The van der Waals surface area contributed by atoms with Crippen LogP contribution in [0.2, 0.25) is 0 Å². The van der Waals surface area contributed by atoms with E-state index in [1.165, 1.54) is 11.1 Å². The highest BCUT2D eigenvalue weighted by Gasteiger charge is 1.95. The second-order valence-corrected chi connectivity index (χ2v) is 2.99. The van der Waals surface area contributed by atoms with E-state index in [9.17, 15) is 0 Å². The molecule has 0 bridgehead atoms. The highest BCUT2D eigenvalue weighted by Crippen LogP contribution is 2.17. The van der Waals surface area contributed by atoms with Crippen molar-refractivity contribution in [1.82, 2.24) is 0 Å². The highest BCUT2D eigenvalue weighted by atomic mass is 16.5. The third kappa shape index (κ3) is 2.73. The molecule has 0 saturated heterocycles. The number of hydrogen-bond acceptors (Lipinski definition) is 2. The third-order valence-corrected chi connectivity index (χ3v) is 1.99. The SMILES string of the molecule is CN=C/C=C\c1ccc(OC)cc1C. The Morgan fingerprint density at radius 3 is 2.71 bits per heavy atom. The quantitative estimate of drug-likeness (QED) is 0.670. The minimum Gasteiger partial charge on any atom is -0.497 e. The summed E-state index contributed by atoms with van der Waals surface area (Å²) < 4.78 is 5.13. The molecule has 1 aromatic rings. The zero-order valence-electron chi connectivity index (χ0n) is 8.82. The highest BCUT2D eigenvalue weighted by molar-refractivity contribution is 5.78. The van der Waals surface area contributed by atoms with Crippen LogP contribution in [0.3, 0.4) is 0 Å². The lowest BCUT2D eigenvalue weighted by Gasteiger charge is -2.03. The normalized spacial score (nSPS) is 11.4. The number of nitrogens with zero attached hydrogens (tertiary/aromatic N) is 1. The Labute approximate surface area is 84.9 Å². The minimum atomic E-state index is 0.892. The number of aryl methyl sites for hydroxylation is 1. The third-order valence-electron chi connectivity index (χ3n) is 1.99. The predicted molar refractivity (Wildman–Crippen MR) is 61.2 cm³/mol. The first-order valence-electron chi connectivity index (χ1n) is 4.51. The van der Waals surface area contributed by atoms with E-state index in [0.717, 1.165) is 5.75 Å². The van der Waals surface area contributed by atoms with Gasteiger partial charge in [0.2, 0.25) is 0 Å². The van der Waals surface area contributed by atoms with Crippen molar-refractivity contribution in [1.29, 1.82) is 0 Å². The fourth-order valence-electron chi connectivity index (χ4n) is 1.19. The predicted octanol–water partition coefficient (Wildman–Crippen LogP) is 2.72. The molecule has 0 unspecified atom stereocenters. The summed E-state index contributed by atoms with van der Waals surface area (Å²) in [4.78, 5) is 3.88. The van der Waals surface area contributed by atoms with Crippen molar-refractivity contribution in [2.75, 3.05) is 14.2 Å². The Bertz CT molecular complexity index is 353. The van der Waals surface area contributed by atoms with Crippen LogP contribution in [0.4, 0.5) is 0 Å². The molecule has 1 aromatic carbocycles. The summed E-state index contributed by atoms with van der Waals surface area (Å²) in [5.41, 5.74) is 2.39. The number of methoxy groups -OCH3 is 1. The molecule has 2 heteroatoms. The van der Waals surface area contributed by atoms with E-state index in [1.54, 1.807) is 20.4 Å². The van der Waals surface area contributed by atoms with Crippen LogP contribution in [0.15, 0.2) is 29.3 Å². The molecule has 0 amide bonds. The second kappa shape index (κ2) is 5.22. The van der Waals surface area contributed by atoms with Gasteiger partial charge in [0.25, 0.3) is 0 Å². The van der Waals surface area contributed by atoms with Gasteiger partial charge in [0.15, 0.2) is 0 Å². The number of aliphatic imine (C=N–C) groups is 1. The van der Waals surface area contributed by atoms with Gasteiger partial charge in [0.05, 0.1) is 7.11 Å². The Morgan fingerprint density at radius 1 is 1.36 bits per heavy atom. The average Bonchev–Trinajstić information content (AvgIpc) is 2.20. The fourth-order valence-corrected chi connectivity index (χ4v) is 1.19. The molecule has 0 N–H and O–H groups in total. The maximum atomic E-state index is 5.13. The van der Waals surface area contributed by atoms with Gasteiger partial charge in [-0.05, 0) is 36.3 Å². The van der Waals surface area contributed by atoms with Crippen molar-refractivity contribution in [3.63, 3.8) is 0 Å². The molecule has 1 rings (SSSR count). The summed E-state index contributed by atoms with van der Waals surface area (Å²) in [5.74, 6) is 0.892. The molecule has 0 heterocycles. The monoisotopic (exact) mass is 189 g/mol. The first kappa shape index (κ1) is 10.5. The van der Waals surface area contributed by atoms with E-state index in [-0.39, 0.29) is 0 Å². The molecule has 0 fully saturated rings. The first-order valence-corrected chi connectivity index (χ1v) is 4.51. The van der Waals surface area contributed by atoms with E-state index >= 15 is 0 Å². The van der Waals surface area contributed by atoms with Crippen molar-refractivity contribution >= 4 is 12.3 Å². The number of hydrogen-bond donors (Lipinski definition) is 0. The Balaban J connectivity index is 2.89. The van der Waals surface area contributed by atoms with Crippen LogP contribution in [-0.2, 0) is 0 Å². The van der Waals surface area contributed by atoms with Gasteiger partial charge < -0.3 is 4.74 Å². The number of ether oxygens (including phenoxy) is 1. The lowest BCUT2D eigenvalue weighted by atomic mass is 10.1. The summed E-state index contributed by atoms with van der Waals surface area (Å²) in [5, 5.41) is 0. The molecular weight excluding hydrogens is 174 g/mol. The van der Waals surface area contributed by atoms with Crippen molar-refractivity contribution in [3.8, 4) is 5.75 Å². The molecule has 0 aromatic heterocycles. The topological polar surface area (TPSA) is 21.6 Å². The molecule has 0 aliphatic carbocycles. The maximum Gasteiger partial charge on any atom is 0.119 e. The summed E-state index contributed by atoms with van der Waals surface area (Å²) in [7, 11) is 3.43. The second-order valence-electron chi connectivity index (χ2n) is 2.99. The molecular formula is C12H15NO. The first-order chi connectivity index (χ1) is 6.77. The van der Waals surface area contributed by atoms with Gasteiger partial charge in [-0.3, -0.25) is 4.99 Å². The standard InChI is InChI=1S/C12H15NO/c1-10-9-12(14-3)7-6-11(10)5-4-8-13-2/h4-9H,1-3H3/b5-4-,13-8?. The number of benzene rings is 1. The molecule has 0 spiro atoms. The molecule has 2 nitrogen and oxygen atoms in total. The average molecular weight is 189 g/mol. The van der Waals surface area contributed by atoms with E-state index in [1.807, 2.05) is 30.4 Å². The number of rotatable bonds is 3. The van der Waals surface area contributed by atoms with Crippen LogP contribution >= 0.6 is 0 Å². The van der Waals surface area contributed by atoms with Crippen molar-refractivity contribution in [3.05, 3.63) is 35.4 Å². The zero-order valence-corrected chi connectivity index (χ0v) is 8.82. The molecule has 0 radical (unpaired) electrons. The smallest absolute Gasteiger partial charge is 0.119 e. The Kier molecular flexibility index (Phi) is 3.92. The molecule has 14 heavy (non-hydrogen) atoms. The molecule has 74 valence electrons. The van der Waals surface area contributed by atoms with E-state index in [2.05, 4.69) is 11.9 Å². The van der Waals surface area contributed by atoms with Gasteiger partial charge >= 0.3 is 0 Å². The summed E-state index contributed by atoms with van der Waals surface area (Å²) in [6, 6.07) is 6.01. The Hall–Kier alpha value is -1.57. The van der Waals surface area contributed by atoms with Gasteiger partial charge in [-0.1, -0.05) is 12.1 Å². The maximum absolute atomic E-state index is 5.13. The molecule has 0 aliphatic heterocycles. The van der Waals surface area contributed by atoms with E-state index < -0.39 is 0 Å². The molecule has 0 saturated carbocycles. The van der Waals surface area contributed by atoms with Crippen LogP contribution in [0.1, 0.15) is 11.1 Å². The summed E-state index contributed by atoms with van der Waals surface area (Å²) in [6.07, 6.45) is 5.72. The van der Waals surface area contributed by atoms with Crippen LogP contribution in [-0.4, -0.2) is 20.4 Å². The molecule has 0 atom stereocenters. The van der Waals surface area contributed by atoms with Crippen molar-refractivity contribution in [2.24, 2.45) is 4.99 Å². The van der Waals surface area contributed by atoms with Crippen LogP contribution in [0.5, 0.6) is 5.75 Å². The van der Waals surface area contributed by atoms with Gasteiger partial charge in [0, 0.05) is 13.3 Å². The fraction of sp³-hybridized carbons (Fsp3) is 0.250. The lowest BCUT2D eigenvalue weighted by Crippen LogP contribution is -1.85. The van der Waals surface area contributed by atoms with Crippen LogP contribution in [0, 0.1) is 6.92 Å². The molecule has 0 aliphatic rings. The van der Waals surface area contributed by atoms with Crippen LogP contribution in [0.25, 0.3) is 6.08 Å². The van der Waals surface area contributed by atoms with E-state index in [0.29, 0.717) is 0 Å². The van der Waals surface area contributed by atoms with Crippen molar-refractivity contribution < 1.29 is 4.74 Å². The van der Waals surface area contributed by atoms with Gasteiger partial charge in [-0.25, -0.2) is 0 Å². The van der Waals surface area contributed by atoms with Crippen molar-refractivity contribution in [2.45, 2.75) is 6.92 Å². The van der Waals surface area contributed by atoms with Gasteiger partial charge in [-0.15, -0.1) is 0 Å². The van der Waals surface area contributed by atoms with E-state index in [4.69, 9.17) is 4.74 Å². The largest absolute Gasteiger partial charge is 0.497 e. The summed E-state index contributed by atoms with van der Waals surface area (Å²) >= 11 is 0. The number of allylic oxidation sites excluding steroid dienone is 1.